The van der Waals surface area contributed by atoms with E-state index in [2.05, 4.69) is 16.1 Å². The van der Waals surface area contributed by atoms with Gasteiger partial charge in [-0.2, -0.15) is 5.26 Å². The van der Waals surface area contributed by atoms with Crippen LogP contribution in [0.5, 0.6) is 17.2 Å². The number of carbonyl (C=O) groups excluding carboxylic acids is 2. The van der Waals surface area contributed by atoms with E-state index in [0.717, 1.165) is 22.0 Å². The van der Waals surface area contributed by atoms with Crippen molar-refractivity contribution in [1.82, 2.24) is 4.57 Å². The Balaban J connectivity index is 2.05. The third kappa shape index (κ3) is 4.95. The summed E-state index contributed by atoms with van der Waals surface area (Å²) in [6, 6.07) is 13.7. The topological polar surface area (TPSA) is 155 Å². The van der Waals surface area contributed by atoms with E-state index < -0.39 is 23.4 Å². The molecule has 2 heterocycles. The Bertz CT molecular complexity index is 1710. The fraction of sp³-hybridized carbons (Fsp3) is 0.185. The van der Waals surface area contributed by atoms with E-state index in [9.17, 15) is 19.6 Å². The Morgan fingerprint density at radius 2 is 1.72 bits per heavy atom. The van der Waals surface area contributed by atoms with Crippen molar-refractivity contribution in [2.45, 2.75) is 5.92 Å². The minimum Gasteiger partial charge on any atom is -0.497 e. The van der Waals surface area contributed by atoms with Gasteiger partial charge in [0, 0.05) is 23.4 Å². The second kappa shape index (κ2) is 11.2. The van der Waals surface area contributed by atoms with Crippen LogP contribution in [0.2, 0.25) is 0 Å². The van der Waals surface area contributed by atoms with Gasteiger partial charge in [-0.15, -0.1) is 11.3 Å². The second-order valence-electron chi connectivity index (χ2n) is 8.13. The first kappa shape index (κ1) is 27.0. The van der Waals surface area contributed by atoms with E-state index in [0.29, 0.717) is 28.5 Å². The number of nitrogens with zero attached hydrogens (tertiary/aromatic N) is 2. The number of nitriles is 1. The van der Waals surface area contributed by atoms with Crippen LogP contribution >= 0.6 is 11.3 Å². The van der Waals surface area contributed by atoms with Gasteiger partial charge in [-0.25, -0.2) is 4.79 Å². The van der Waals surface area contributed by atoms with E-state index in [-0.39, 0.29) is 26.2 Å². The molecule has 0 bridgehead atoms. The summed E-state index contributed by atoms with van der Waals surface area (Å²) < 4.78 is 21.9. The number of carbonyl (C=O) groups is 2. The molecule has 0 spiro atoms. The number of esters is 1. The number of fused-ring (bicyclic) bond motifs is 1. The van der Waals surface area contributed by atoms with Crippen LogP contribution in [-0.2, 0) is 14.3 Å². The summed E-state index contributed by atoms with van der Waals surface area (Å²) in [5.74, 6) is -1.11. The molecule has 1 aliphatic heterocycles. The van der Waals surface area contributed by atoms with Crippen LogP contribution < -0.4 is 40.0 Å². The van der Waals surface area contributed by atoms with Crippen molar-refractivity contribution in [3.8, 4) is 23.3 Å². The molecule has 200 valence electrons. The van der Waals surface area contributed by atoms with Crippen LogP contribution in [0.4, 0.5) is 5.69 Å². The third-order valence-electron chi connectivity index (χ3n) is 6.06. The molecule has 1 atom stereocenters. The number of ether oxygens (including phenoxy) is 4. The van der Waals surface area contributed by atoms with E-state index in [1.807, 2.05) is 0 Å². The first-order valence-electron chi connectivity index (χ1n) is 11.4. The van der Waals surface area contributed by atoms with E-state index in [1.54, 1.807) is 42.5 Å². The van der Waals surface area contributed by atoms with Crippen LogP contribution in [0.3, 0.4) is 0 Å². The van der Waals surface area contributed by atoms with Gasteiger partial charge >= 0.3 is 5.97 Å². The fourth-order valence-corrected chi connectivity index (χ4v) is 5.31. The van der Waals surface area contributed by atoms with Crippen molar-refractivity contribution in [3.63, 3.8) is 0 Å². The van der Waals surface area contributed by atoms with Crippen molar-refractivity contribution < 1.29 is 28.5 Å². The second-order valence-corrected chi connectivity index (χ2v) is 9.16. The van der Waals surface area contributed by atoms with Crippen LogP contribution in [0.25, 0.3) is 17.5 Å². The highest BCUT2D eigenvalue weighted by Crippen LogP contribution is 2.42. The zero-order chi connectivity index (χ0) is 28.3. The van der Waals surface area contributed by atoms with Crippen LogP contribution in [0.15, 0.2) is 52.8 Å². The van der Waals surface area contributed by atoms with Gasteiger partial charge in [0.2, 0.25) is 0 Å². The van der Waals surface area contributed by atoms with Crippen molar-refractivity contribution in [2.24, 2.45) is 5.73 Å². The molecule has 3 aromatic rings. The Kier molecular flexibility index (Phi) is 7.73. The number of amides is 1. The summed E-state index contributed by atoms with van der Waals surface area (Å²) in [7, 11) is 5.65. The van der Waals surface area contributed by atoms with Gasteiger partial charge < -0.3 is 30.0 Å². The Labute approximate surface area is 226 Å². The maximum atomic E-state index is 13.9. The molecule has 0 radical (unpaired) electrons. The van der Waals surface area contributed by atoms with Crippen molar-refractivity contribution in [2.75, 3.05) is 33.8 Å². The monoisotopic (exact) mass is 548 g/mol. The van der Waals surface area contributed by atoms with Gasteiger partial charge in [0.1, 0.15) is 32.3 Å². The number of allylic oxidation sites excluding steroid dienone is 1. The smallest absolute Gasteiger partial charge is 0.332 e. The van der Waals surface area contributed by atoms with Crippen LogP contribution in [-0.4, -0.2) is 44.9 Å². The highest BCUT2D eigenvalue weighted by atomic mass is 32.1. The van der Waals surface area contributed by atoms with Crippen molar-refractivity contribution in [1.29, 1.82) is 5.26 Å². The SMILES string of the molecule is COC(=O)/C=c1\sc2n(c1=O)C(N)=C(C#N)C(c1ccc(OC)cc1OC)C=2C(=O)Nc1ccc(OC)cc1. The molecule has 0 saturated heterocycles. The highest BCUT2D eigenvalue weighted by Gasteiger charge is 2.37. The zero-order valence-corrected chi connectivity index (χ0v) is 22.3. The minimum absolute atomic E-state index is 0.0193. The molecule has 11 nitrogen and oxygen atoms in total. The van der Waals surface area contributed by atoms with Crippen molar-refractivity contribution >= 4 is 46.4 Å². The number of rotatable bonds is 7. The Morgan fingerprint density at radius 3 is 2.31 bits per heavy atom. The number of anilines is 1. The normalized spacial score (nSPS) is 14.8. The first-order valence-corrected chi connectivity index (χ1v) is 12.2. The lowest BCUT2D eigenvalue weighted by atomic mass is 9.82. The van der Waals surface area contributed by atoms with E-state index in [1.165, 1.54) is 28.4 Å². The fourth-order valence-electron chi connectivity index (χ4n) is 4.17. The summed E-state index contributed by atoms with van der Waals surface area (Å²) in [4.78, 5) is 39.2. The standard InChI is InChI=1S/C27H24N4O7S/c1-35-15-7-5-14(6-8-15)30-25(33)23-22(17-10-9-16(36-2)11-19(17)37-3)18(13-28)24(29)31-26(34)20(39-27(23)31)12-21(32)38-4/h5-12,22H,29H2,1-4H3,(H,30,33)/b20-12-. The third-order valence-corrected chi connectivity index (χ3v) is 7.17. The number of nitrogens with two attached hydrogens (primary N) is 1. The number of hydrogen-bond acceptors (Lipinski definition) is 10. The van der Waals surface area contributed by atoms with E-state index in [4.69, 9.17) is 19.9 Å². The molecule has 0 aliphatic carbocycles. The lowest BCUT2D eigenvalue weighted by molar-refractivity contribution is -0.133. The molecule has 1 aliphatic rings. The molecule has 1 amide bonds. The number of methoxy groups -OCH3 is 4. The molecular weight excluding hydrogens is 524 g/mol. The van der Waals surface area contributed by atoms with Gasteiger partial charge in [0.15, 0.2) is 0 Å². The van der Waals surface area contributed by atoms with E-state index >= 15 is 0 Å². The maximum Gasteiger partial charge on any atom is 0.332 e. The maximum absolute atomic E-state index is 13.9. The predicted octanol–water partition coefficient (Wildman–Crippen LogP) is 1.13. The van der Waals surface area contributed by atoms with Gasteiger partial charge in [0.25, 0.3) is 11.5 Å². The van der Waals surface area contributed by atoms with Gasteiger partial charge in [-0.3, -0.25) is 14.2 Å². The molecular formula is C27H24N4O7S. The number of aromatic nitrogens is 1. The summed E-state index contributed by atoms with van der Waals surface area (Å²) in [5.41, 5.74) is 6.62. The number of benzene rings is 2. The summed E-state index contributed by atoms with van der Waals surface area (Å²) in [6.45, 7) is 0. The lowest BCUT2D eigenvalue weighted by Gasteiger charge is -2.26. The van der Waals surface area contributed by atoms with Gasteiger partial charge in [0.05, 0.1) is 51.6 Å². The highest BCUT2D eigenvalue weighted by molar-refractivity contribution is 7.07. The quantitative estimate of drug-likeness (QED) is 0.413. The molecule has 1 aromatic heterocycles. The largest absolute Gasteiger partial charge is 0.497 e. The number of thiazole rings is 1. The molecule has 0 saturated carbocycles. The summed E-state index contributed by atoms with van der Waals surface area (Å²) in [5, 5.41) is 13.0. The van der Waals surface area contributed by atoms with Crippen LogP contribution in [0.1, 0.15) is 11.5 Å². The summed E-state index contributed by atoms with van der Waals surface area (Å²) >= 11 is 0.882. The molecule has 0 fully saturated rings. The number of hydrogen-bond donors (Lipinski definition) is 2. The van der Waals surface area contributed by atoms with Crippen LogP contribution in [0, 0.1) is 11.3 Å². The molecule has 2 aromatic carbocycles. The molecule has 1 unspecified atom stereocenters. The average molecular weight is 549 g/mol. The average Bonchev–Trinajstić information content (AvgIpc) is 3.27. The predicted molar refractivity (Wildman–Crippen MR) is 145 cm³/mol. The first-order chi connectivity index (χ1) is 18.8. The molecule has 3 N–H and O–H groups in total. The summed E-state index contributed by atoms with van der Waals surface area (Å²) in [6.07, 6.45) is 1.01. The van der Waals surface area contributed by atoms with Crippen molar-refractivity contribution in [3.05, 3.63) is 73.2 Å². The lowest BCUT2D eigenvalue weighted by Crippen LogP contribution is -2.41. The Morgan fingerprint density at radius 1 is 1.05 bits per heavy atom. The minimum atomic E-state index is -1.02. The Hall–Kier alpha value is -5.02. The molecule has 4 rings (SSSR count). The van der Waals surface area contributed by atoms with Gasteiger partial charge in [-0.1, -0.05) is 6.07 Å². The number of nitrogens with one attached hydrogen (secondary N) is 1. The molecule has 39 heavy (non-hydrogen) atoms. The zero-order valence-electron chi connectivity index (χ0n) is 21.4. The van der Waals surface area contributed by atoms with Gasteiger partial charge in [-0.05, 0) is 30.3 Å². The molecule has 12 heteroatoms.